The van der Waals surface area contributed by atoms with E-state index >= 15 is 0 Å². The second-order valence-corrected chi connectivity index (χ2v) is 4.43. The highest BCUT2D eigenvalue weighted by molar-refractivity contribution is 5.18. The quantitative estimate of drug-likeness (QED) is 0.872. The van der Waals surface area contributed by atoms with E-state index in [4.69, 9.17) is 5.73 Å². The first-order valence-corrected chi connectivity index (χ1v) is 6.15. The van der Waals surface area contributed by atoms with Crippen LogP contribution in [0.15, 0.2) is 54.9 Å². The molecule has 0 fully saturated rings. The van der Waals surface area contributed by atoms with E-state index in [-0.39, 0.29) is 6.04 Å². The Balaban J connectivity index is 2.09. The number of nitrogens with two attached hydrogens (primary N) is 1. The molecule has 3 heteroatoms. The highest BCUT2D eigenvalue weighted by atomic mass is 15.1. The second kappa shape index (κ2) is 6.28. The van der Waals surface area contributed by atoms with E-state index in [0.717, 1.165) is 6.54 Å². The normalized spacial score (nSPS) is 12.6. The van der Waals surface area contributed by atoms with Crippen molar-refractivity contribution in [3.05, 3.63) is 66.0 Å². The zero-order valence-electron chi connectivity index (χ0n) is 10.7. The summed E-state index contributed by atoms with van der Waals surface area (Å²) < 4.78 is 0. The van der Waals surface area contributed by atoms with Gasteiger partial charge in [-0.3, -0.25) is 9.88 Å². The second-order valence-electron chi connectivity index (χ2n) is 4.43. The highest BCUT2D eigenvalue weighted by Crippen LogP contribution is 2.19. The van der Waals surface area contributed by atoms with Gasteiger partial charge < -0.3 is 5.73 Å². The van der Waals surface area contributed by atoms with Crippen molar-refractivity contribution in [2.45, 2.75) is 12.6 Å². The summed E-state index contributed by atoms with van der Waals surface area (Å²) in [5.74, 6) is 0. The van der Waals surface area contributed by atoms with Crippen molar-refractivity contribution in [2.75, 3.05) is 13.6 Å². The van der Waals surface area contributed by atoms with E-state index in [1.165, 1.54) is 11.1 Å². The molecule has 18 heavy (non-hydrogen) atoms. The number of hydrogen-bond acceptors (Lipinski definition) is 3. The molecule has 94 valence electrons. The van der Waals surface area contributed by atoms with E-state index in [0.29, 0.717) is 6.54 Å². The molecule has 1 heterocycles. The molecule has 0 aliphatic carbocycles. The zero-order valence-corrected chi connectivity index (χ0v) is 10.7. The van der Waals surface area contributed by atoms with Crippen LogP contribution in [-0.2, 0) is 6.54 Å². The molecule has 0 bridgehead atoms. The molecule has 0 spiro atoms. The summed E-state index contributed by atoms with van der Waals surface area (Å²) in [7, 11) is 2.10. The van der Waals surface area contributed by atoms with Crippen molar-refractivity contribution in [2.24, 2.45) is 5.73 Å². The first-order valence-electron chi connectivity index (χ1n) is 6.15. The van der Waals surface area contributed by atoms with Crippen LogP contribution in [0.1, 0.15) is 17.2 Å². The average Bonchev–Trinajstić information content (AvgIpc) is 2.42. The topological polar surface area (TPSA) is 42.1 Å². The molecular weight excluding hydrogens is 222 g/mol. The van der Waals surface area contributed by atoms with Gasteiger partial charge in [0.05, 0.1) is 0 Å². The Labute approximate surface area is 108 Å². The Kier molecular flexibility index (Phi) is 4.45. The lowest BCUT2D eigenvalue weighted by Crippen LogP contribution is -2.30. The maximum Gasteiger partial charge on any atom is 0.0472 e. The molecule has 0 saturated heterocycles. The minimum absolute atomic E-state index is 0.230. The molecule has 1 unspecified atom stereocenters. The smallest absolute Gasteiger partial charge is 0.0472 e. The number of benzene rings is 1. The van der Waals surface area contributed by atoms with Crippen molar-refractivity contribution < 1.29 is 0 Å². The number of nitrogens with zero attached hydrogens (tertiary/aromatic N) is 2. The number of hydrogen-bond donors (Lipinski definition) is 1. The Morgan fingerprint density at radius 1 is 1.11 bits per heavy atom. The average molecular weight is 241 g/mol. The van der Waals surface area contributed by atoms with Crippen LogP contribution in [-0.4, -0.2) is 23.5 Å². The Bertz CT molecular complexity index is 456. The molecular formula is C15H19N3. The van der Waals surface area contributed by atoms with Crippen molar-refractivity contribution >= 4 is 0 Å². The van der Waals surface area contributed by atoms with Gasteiger partial charge in [-0.15, -0.1) is 0 Å². The molecule has 0 aliphatic rings. The first kappa shape index (κ1) is 12.7. The van der Waals surface area contributed by atoms with Gasteiger partial charge >= 0.3 is 0 Å². The number of rotatable bonds is 5. The van der Waals surface area contributed by atoms with Gasteiger partial charge in [0.2, 0.25) is 0 Å². The summed E-state index contributed by atoms with van der Waals surface area (Å²) in [5.41, 5.74) is 8.41. The molecule has 2 rings (SSSR count). The summed E-state index contributed by atoms with van der Waals surface area (Å²) in [6.07, 6.45) is 3.63. The lowest BCUT2D eigenvalue weighted by molar-refractivity contribution is 0.241. The standard InChI is InChI=1S/C15H19N3/c1-18(12-13-5-3-2-4-6-13)15(11-16)14-7-9-17-10-8-14/h2-10,15H,11-12,16H2,1H3. The van der Waals surface area contributed by atoms with Gasteiger partial charge in [-0.2, -0.15) is 0 Å². The summed E-state index contributed by atoms with van der Waals surface area (Å²) >= 11 is 0. The maximum atomic E-state index is 5.90. The number of pyridine rings is 1. The molecule has 0 saturated carbocycles. The van der Waals surface area contributed by atoms with E-state index in [1.54, 1.807) is 0 Å². The minimum Gasteiger partial charge on any atom is -0.329 e. The van der Waals surface area contributed by atoms with Crippen LogP contribution in [0.4, 0.5) is 0 Å². The number of aromatic nitrogens is 1. The number of likely N-dealkylation sites (N-methyl/N-ethyl adjacent to an activating group) is 1. The molecule has 1 aromatic heterocycles. The third-order valence-corrected chi connectivity index (χ3v) is 3.12. The third kappa shape index (κ3) is 3.15. The van der Waals surface area contributed by atoms with Crippen LogP contribution in [0.2, 0.25) is 0 Å². The Hall–Kier alpha value is -1.71. The van der Waals surface area contributed by atoms with Crippen LogP contribution >= 0.6 is 0 Å². The maximum absolute atomic E-state index is 5.90. The molecule has 2 aromatic rings. The van der Waals surface area contributed by atoms with Crippen LogP contribution in [0.5, 0.6) is 0 Å². The fraction of sp³-hybridized carbons (Fsp3) is 0.267. The summed E-state index contributed by atoms with van der Waals surface area (Å²) in [5, 5.41) is 0. The van der Waals surface area contributed by atoms with Crippen molar-refractivity contribution in [1.82, 2.24) is 9.88 Å². The summed E-state index contributed by atoms with van der Waals surface area (Å²) in [6, 6.07) is 14.7. The van der Waals surface area contributed by atoms with E-state index in [9.17, 15) is 0 Å². The van der Waals surface area contributed by atoms with Crippen molar-refractivity contribution in [3.8, 4) is 0 Å². The van der Waals surface area contributed by atoms with E-state index in [2.05, 4.69) is 41.2 Å². The lowest BCUT2D eigenvalue weighted by atomic mass is 10.1. The summed E-state index contributed by atoms with van der Waals surface area (Å²) in [6.45, 7) is 1.50. The van der Waals surface area contributed by atoms with Gasteiger partial charge in [-0.1, -0.05) is 30.3 Å². The Morgan fingerprint density at radius 3 is 2.39 bits per heavy atom. The Morgan fingerprint density at radius 2 is 1.78 bits per heavy atom. The minimum atomic E-state index is 0.230. The summed E-state index contributed by atoms with van der Waals surface area (Å²) in [4.78, 5) is 6.31. The van der Waals surface area contributed by atoms with Gasteiger partial charge in [0.15, 0.2) is 0 Å². The molecule has 3 nitrogen and oxygen atoms in total. The molecule has 1 atom stereocenters. The van der Waals surface area contributed by atoms with Crippen LogP contribution in [0.3, 0.4) is 0 Å². The van der Waals surface area contributed by atoms with E-state index < -0.39 is 0 Å². The molecule has 0 aliphatic heterocycles. The molecule has 1 aromatic carbocycles. The van der Waals surface area contributed by atoms with Gasteiger partial charge in [-0.25, -0.2) is 0 Å². The van der Waals surface area contributed by atoms with Crippen LogP contribution in [0, 0.1) is 0 Å². The van der Waals surface area contributed by atoms with Gasteiger partial charge in [0.25, 0.3) is 0 Å². The first-order chi connectivity index (χ1) is 8.81. The molecule has 2 N–H and O–H groups in total. The predicted octanol–water partition coefficient (Wildman–Crippen LogP) is 2.21. The van der Waals surface area contributed by atoms with Gasteiger partial charge in [0, 0.05) is 31.5 Å². The van der Waals surface area contributed by atoms with Crippen LogP contribution in [0.25, 0.3) is 0 Å². The third-order valence-electron chi connectivity index (χ3n) is 3.12. The fourth-order valence-electron chi connectivity index (χ4n) is 2.14. The van der Waals surface area contributed by atoms with Crippen molar-refractivity contribution in [1.29, 1.82) is 0 Å². The zero-order chi connectivity index (χ0) is 12.8. The fourth-order valence-corrected chi connectivity index (χ4v) is 2.14. The van der Waals surface area contributed by atoms with Gasteiger partial charge in [0.1, 0.15) is 0 Å². The van der Waals surface area contributed by atoms with Crippen molar-refractivity contribution in [3.63, 3.8) is 0 Å². The SMILES string of the molecule is CN(Cc1ccccc1)C(CN)c1ccncc1. The monoisotopic (exact) mass is 241 g/mol. The van der Waals surface area contributed by atoms with Gasteiger partial charge in [-0.05, 0) is 30.3 Å². The predicted molar refractivity (Wildman–Crippen MR) is 73.9 cm³/mol. The van der Waals surface area contributed by atoms with Crippen LogP contribution < -0.4 is 5.73 Å². The molecule has 0 radical (unpaired) electrons. The largest absolute Gasteiger partial charge is 0.329 e. The highest BCUT2D eigenvalue weighted by Gasteiger charge is 2.15. The van der Waals surface area contributed by atoms with E-state index in [1.807, 2.05) is 30.6 Å². The lowest BCUT2D eigenvalue weighted by Gasteiger charge is -2.27. The molecule has 0 amide bonds.